The third-order valence-electron chi connectivity index (χ3n) is 2.73. The van der Waals surface area contributed by atoms with Crippen molar-refractivity contribution < 1.29 is 4.79 Å². The summed E-state index contributed by atoms with van der Waals surface area (Å²) in [6.07, 6.45) is 7.10. The van der Waals surface area contributed by atoms with Crippen LogP contribution in [-0.4, -0.2) is 5.91 Å². The van der Waals surface area contributed by atoms with Gasteiger partial charge in [0.05, 0.1) is 0 Å². The van der Waals surface area contributed by atoms with Crippen molar-refractivity contribution in [2.45, 2.75) is 19.3 Å². The van der Waals surface area contributed by atoms with Crippen molar-refractivity contribution in [2.24, 2.45) is 5.92 Å². The summed E-state index contributed by atoms with van der Waals surface area (Å²) in [4.78, 5) is 11.9. The number of carbonyl (C=O) groups is 1. The third kappa shape index (κ3) is 3.07. The van der Waals surface area contributed by atoms with E-state index < -0.39 is 0 Å². The Morgan fingerprint density at radius 1 is 1.38 bits per heavy atom. The average molecular weight is 327 g/mol. The molecule has 0 saturated carbocycles. The summed E-state index contributed by atoms with van der Waals surface area (Å²) in [5.41, 5.74) is 0.895. The highest BCUT2D eigenvalue weighted by molar-refractivity contribution is 14.1. The Bertz CT molecular complexity index is 414. The van der Waals surface area contributed by atoms with Gasteiger partial charge in [-0.2, -0.15) is 0 Å². The number of rotatable bonds is 2. The van der Waals surface area contributed by atoms with Crippen molar-refractivity contribution in [1.82, 2.24) is 0 Å². The van der Waals surface area contributed by atoms with Gasteiger partial charge in [0.25, 0.3) is 0 Å². The minimum atomic E-state index is 0.142. The average Bonchev–Trinajstić information content (AvgIpc) is 2.30. The Morgan fingerprint density at radius 3 is 2.94 bits per heavy atom. The molecule has 0 unspecified atom stereocenters. The molecule has 2 rings (SSSR count). The zero-order chi connectivity index (χ0) is 11.4. The molecule has 1 N–H and O–H groups in total. The summed E-state index contributed by atoms with van der Waals surface area (Å²) >= 11 is 2.24. The lowest BCUT2D eigenvalue weighted by atomic mass is 9.93. The van der Waals surface area contributed by atoms with Crippen LogP contribution in [-0.2, 0) is 4.79 Å². The van der Waals surface area contributed by atoms with E-state index in [0.717, 1.165) is 28.5 Å². The number of hydrogen-bond donors (Lipinski definition) is 1. The number of anilines is 1. The maximum atomic E-state index is 11.9. The molecule has 0 aliphatic heterocycles. The largest absolute Gasteiger partial charge is 0.326 e. The Balaban J connectivity index is 1.99. The molecule has 0 aromatic heterocycles. The summed E-state index contributed by atoms with van der Waals surface area (Å²) in [5.74, 6) is 0.286. The molecule has 0 spiro atoms. The first-order valence-electron chi connectivity index (χ1n) is 5.47. The number of benzene rings is 1. The number of allylic oxidation sites excluding steroid dienone is 2. The second-order valence-electron chi connectivity index (χ2n) is 3.98. The van der Waals surface area contributed by atoms with E-state index in [4.69, 9.17) is 0 Å². The molecule has 1 aromatic rings. The highest BCUT2D eigenvalue weighted by Crippen LogP contribution is 2.20. The van der Waals surface area contributed by atoms with E-state index >= 15 is 0 Å². The lowest BCUT2D eigenvalue weighted by Gasteiger charge is -2.17. The highest BCUT2D eigenvalue weighted by atomic mass is 127. The van der Waals surface area contributed by atoms with Gasteiger partial charge in [0.1, 0.15) is 0 Å². The topological polar surface area (TPSA) is 29.1 Å². The van der Waals surface area contributed by atoms with Crippen LogP contribution in [0.15, 0.2) is 36.4 Å². The van der Waals surface area contributed by atoms with E-state index in [9.17, 15) is 4.79 Å². The van der Waals surface area contributed by atoms with Gasteiger partial charge in [-0.25, -0.2) is 0 Å². The summed E-state index contributed by atoms with van der Waals surface area (Å²) in [6.45, 7) is 0. The fourth-order valence-corrected chi connectivity index (χ4v) is 2.39. The van der Waals surface area contributed by atoms with Crippen molar-refractivity contribution in [2.75, 3.05) is 5.32 Å². The van der Waals surface area contributed by atoms with Crippen LogP contribution in [0.1, 0.15) is 19.3 Å². The summed E-state index contributed by atoms with van der Waals surface area (Å²) in [6, 6.07) is 7.88. The Kier molecular flexibility index (Phi) is 3.98. The van der Waals surface area contributed by atoms with Crippen LogP contribution in [0.4, 0.5) is 5.69 Å². The minimum Gasteiger partial charge on any atom is -0.326 e. The zero-order valence-electron chi connectivity index (χ0n) is 8.95. The van der Waals surface area contributed by atoms with Crippen molar-refractivity contribution in [3.8, 4) is 0 Å². The molecule has 1 atom stereocenters. The van der Waals surface area contributed by atoms with E-state index in [2.05, 4.69) is 40.1 Å². The van der Waals surface area contributed by atoms with Crippen molar-refractivity contribution in [1.29, 1.82) is 0 Å². The van der Waals surface area contributed by atoms with Crippen LogP contribution in [0.25, 0.3) is 0 Å². The predicted molar refractivity (Wildman–Crippen MR) is 74.3 cm³/mol. The number of amides is 1. The molecule has 1 amide bonds. The maximum Gasteiger partial charge on any atom is 0.227 e. The van der Waals surface area contributed by atoms with Crippen LogP contribution >= 0.6 is 22.6 Å². The van der Waals surface area contributed by atoms with Gasteiger partial charge in [-0.3, -0.25) is 4.79 Å². The zero-order valence-corrected chi connectivity index (χ0v) is 11.1. The molecule has 2 nitrogen and oxygen atoms in total. The number of nitrogens with one attached hydrogen (secondary N) is 1. The van der Waals surface area contributed by atoms with Gasteiger partial charge in [0.15, 0.2) is 0 Å². The molecule has 1 aromatic carbocycles. The normalized spacial score (nSPS) is 19.4. The standard InChI is InChI=1S/C13H14INO/c14-11-7-4-8-12(9-11)15-13(16)10-5-2-1-3-6-10/h1-2,4,7-10H,3,5-6H2,(H,15,16)/t10-/m0/s1. The summed E-state index contributed by atoms with van der Waals surface area (Å²) in [7, 11) is 0. The highest BCUT2D eigenvalue weighted by Gasteiger charge is 2.18. The van der Waals surface area contributed by atoms with Gasteiger partial charge < -0.3 is 5.32 Å². The van der Waals surface area contributed by atoms with E-state index in [1.54, 1.807) is 0 Å². The van der Waals surface area contributed by atoms with Crippen molar-refractivity contribution in [3.63, 3.8) is 0 Å². The maximum absolute atomic E-state index is 11.9. The molecule has 0 bridgehead atoms. The molecule has 3 heteroatoms. The van der Waals surface area contributed by atoms with E-state index in [1.165, 1.54) is 0 Å². The van der Waals surface area contributed by atoms with Crippen LogP contribution in [0.3, 0.4) is 0 Å². The van der Waals surface area contributed by atoms with Gasteiger partial charge >= 0.3 is 0 Å². The quantitative estimate of drug-likeness (QED) is 0.653. The fourth-order valence-electron chi connectivity index (χ4n) is 1.84. The first-order chi connectivity index (χ1) is 7.75. The number of carbonyl (C=O) groups excluding carboxylic acids is 1. The van der Waals surface area contributed by atoms with Crippen molar-refractivity contribution in [3.05, 3.63) is 40.0 Å². The molecule has 0 radical (unpaired) electrons. The summed E-state index contributed by atoms with van der Waals surface area (Å²) < 4.78 is 1.14. The monoisotopic (exact) mass is 327 g/mol. The number of halogens is 1. The van der Waals surface area contributed by atoms with E-state index in [0.29, 0.717) is 0 Å². The molecule has 0 fully saturated rings. The summed E-state index contributed by atoms with van der Waals surface area (Å²) in [5, 5.41) is 2.97. The fraction of sp³-hybridized carbons (Fsp3) is 0.308. The SMILES string of the molecule is O=C(Nc1cccc(I)c1)[C@H]1CC=CCC1. The molecule has 16 heavy (non-hydrogen) atoms. The van der Waals surface area contributed by atoms with Gasteiger partial charge in [0, 0.05) is 15.2 Å². The first kappa shape index (κ1) is 11.6. The third-order valence-corrected chi connectivity index (χ3v) is 3.40. The molecular weight excluding hydrogens is 313 g/mol. The van der Waals surface area contributed by atoms with Crippen LogP contribution < -0.4 is 5.32 Å². The van der Waals surface area contributed by atoms with E-state index in [-0.39, 0.29) is 11.8 Å². The van der Waals surface area contributed by atoms with Gasteiger partial charge in [-0.1, -0.05) is 18.2 Å². The first-order valence-corrected chi connectivity index (χ1v) is 6.55. The van der Waals surface area contributed by atoms with Crippen LogP contribution in [0, 0.1) is 9.49 Å². The van der Waals surface area contributed by atoms with Crippen LogP contribution in [0.5, 0.6) is 0 Å². The molecule has 0 saturated heterocycles. The van der Waals surface area contributed by atoms with Gasteiger partial charge in [-0.05, 0) is 60.1 Å². The Morgan fingerprint density at radius 2 is 2.25 bits per heavy atom. The molecule has 0 heterocycles. The second-order valence-corrected chi connectivity index (χ2v) is 5.23. The van der Waals surface area contributed by atoms with Crippen molar-refractivity contribution >= 4 is 34.2 Å². The smallest absolute Gasteiger partial charge is 0.227 e. The Labute approximate surface area is 109 Å². The lowest BCUT2D eigenvalue weighted by Crippen LogP contribution is -2.23. The van der Waals surface area contributed by atoms with Crippen LogP contribution in [0.2, 0.25) is 0 Å². The molecule has 1 aliphatic rings. The van der Waals surface area contributed by atoms with E-state index in [1.807, 2.05) is 24.3 Å². The minimum absolute atomic E-state index is 0.142. The molecular formula is C13H14INO. The predicted octanol–water partition coefficient (Wildman–Crippen LogP) is 3.59. The van der Waals surface area contributed by atoms with Gasteiger partial charge in [0.2, 0.25) is 5.91 Å². The Hall–Kier alpha value is -0.840. The second kappa shape index (κ2) is 5.48. The lowest BCUT2D eigenvalue weighted by molar-refractivity contribution is -0.120. The number of hydrogen-bond acceptors (Lipinski definition) is 1. The van der Waals surface area contributed by atoms with Gasteiger partial charge in [-0.15, -0.1) is 0 Å². The molecule has 84 valence electrons. The molecule has 1 aliphatic carbocycles.